The molecule has 1 aromatic heterocycles. The van der Waals surface area contributed by atoms with Gasteiger partial charge in [-0.05, 0) is 30.0 Å². The third-order valence-electron chi connectivity index (χ3n) is 5.11. The first-order chi connectivity index (χ1) is 12.2. The molecule has 1 aliphatic heterocycles. The van der Waals surface area contributed by atoms with Crippen LogP contribution < -0.4 is 0 Å². The number of hydrogen-bond acceptors (Lipinski definition) is 5. The molecule has 0 spiro atoms. The molecule has 1 fully saturated rings. The van der Waals surface area contributed by atoms with Gasteiger partial charge in [0.2, 0.25) is 0 Å². The van der Waals surface area contributed by atoms with Gasteiger partial charge in [-0.2, -0.15) is 10.4 Å². The summed E-state index contributed by atoms with van der Waals surface area (Å²) in [5, 5.41) is 13.8. The minimum atomic E-state index is -0.0848. The number of Topliss-reactive ketones (excluding diaryl/α,β-unsaturated/α-hetero) is 1. The fourth-order valence-corrected chi connectivity index (χ4v) is 3.76. The molecule has 1 saturated heterocycles. The van der Waals surface area contributed by atoms with Gasteiger partial charge in [-0.25, -0.2) is 9.67 Å². The standard InChI is InChI=1S/C19H19N5O/c1-2-13-3-4-14-8-18(25)17(9-20)19(16(14)7-13)23-6-5-15(10-23)24-12-21-11-22-24/h3-4,7,11-12,15H,2,5-6,8,10H2,1H3/t15-/m0/s1. The van der Waals surface area contributed by atoms with E-state index >= 15 is 0 Å². The van der Waals surface area contributed by atoms with Crippen LogP contribution in [-0.4, -0.2) is 38.5 Å². The molecule has 6 nitrogen and oxygen atoms in total. The molecule has 6 heteroatoms. The van der Waals surface area contributed by atoms with Gasteiger partial charge in [0.1, 0.15) is 24.3 Å². The maximum Gasteiger partial charge on any atom is 0.179 e. The predicted molar refractivity (Wildman–Crippen MR) is 92.3 cm³/mol. The molecule has 2 heterocycles. The lowest BCUT2D eigenvalue weighted by atomic mass is 9.87. The maximum absolute atomic E-state index is 12.5. The fourth-order valence-electron chi connectivity index (χ4n) is 3.76. The predicted octanol–water partition coefficient (Wildman–Crippen LogP) is 2.15. The number of carbonyl (C=O) groups excluding carboxylic acids is 1. The fraction of sp³-hybridized carbons (Fsp3) is 0.368. The molecule has 0 radical (unpaired) electrons. The Labute approximate surface area is 146 Å². The van der Waals surface area contributed by atoms with Crippen LogP contribution in [-0.2, 0) is 17.6 Å². The Morgan fingerprint density at radius 1 is 1.40 bits per heavy atom. The van der Waals surface area contributed by atoms with Gasteiger partial charge in [-0.1, -0.05) is 19.1 Å². The number of hydrogen-bond donors (Lipinski definition) is 0. The zero-order valence-corrected chi connectivity index (χ0v) is 14.1. The number of aryl methyl sites for hydroxylation is 1. The minimum absolute atomic E-state index is 0.0848. The molecule has 1 aromatic carbocycles. The van der Waals surface area contributed by atoms with Gasteiger partial charge >= 0.3 is 0 Å². The number of fused-ring (bicyclic) bond motifs is 1. The highest BCUT2D eigenvalue weighted by Crippen LogP contribution is 2.36. The van der Waals surface area contributed by atoms with Gasteiger partial charge < -0.3 is 4.90 Å². The second-order valence-electron chi connectivity index (χ2n) is 6.54. The Kier molecular flexibility index (Phi) is 3.85. The summed E-state index contributed by atoms with van der Waals surface area (Å²) in [4.78, 5) is 18.7. The van der Waals surface area contributed by atoms with Crippen molar-refractivity contribution in [2.45, 2.75) is 32.2 Å². The third-order valence-corrected chi connectivity index (χ3v) is 5.11. The molecule has 2 aliphatic rings. The van der Waals surface area contributed by atoms with Crippen molar-refractivity contribution in [2.24, 2.45) is 0 Å². The van der Waals surface area contributed by atoms with E-state index in [2.05, 4.69) is 40.1 Å². The van der Waals surface area contributed by atoms with E-state index < -0.39 is 0 Å². The van der Waals surface area contributed by atoms with Crippen molar-refractivity contribution in [1.29, 1.82) is 5.26 Å². The summed E-state index contributed by atoms with van der Waals surface area (Å²) in [6.45, 7) is 3.64. The van der Waals surface area contributed by atoms with E-state index in [9.17, 15) is 10.1 Å². The van der Waals surface area contributed by atoms with Gasteiger partial charge in [0.05, 0.1) is 11.7 Å². The SMILES string of the molecule is CCc1ccc2c(c1)C(N1CC[C@H](n3cncn3)C1)=C(C#N)C(=O)C2. The Hall–Kier alpha value is -2.94. The number of ketones is 1. The highest BCUT2D eigenvalue weighted by atomic mass is 16.1. The molecule has 0 amide bonds. The van der Waals surface area contributed by atoms with E-state index in [1.165, 1.54) is 11.9 Å². The lowest BCUT2D eigenvalue weighted by Gasteiger charge is -2.28. The summed E-state index contributed by atoms with van der Waals surface area (Å²) in [6.07, 6.45) is 5.42. The van der Waals surface area contributed by atoms with Crippen LogP contribution in [0.15, 0.2) is 36.4 Å². The van der Waals surface area contributed by atoms with Crippen LogP contribution in [0, 0.1) is 11.3 Å². The molecular formula is C19H19N5O. The second-order valence-corrected chi connectivity index (χ2v) is 6.54. The summed E-state index contributed by atoms with van der Waals surface area (Å²) in [7, 11) is 0. The quantitative estimate of drug-likeness (QED) is 0.860. The molecule has 0 bridgehead atoms. The monoisotopic (exact) mass is 333 g/mol. The average Bonchev–Trinajstić information content (AvgIpc) is 3.31. The first-order valence-corrected chi connectivity index (χ1v) is 8.60. The smallest absolute Gasteiger partial charge is 0.179 e. The van der Waals surface area contributed by atoms with Crippen LogP contribution >= 0.6 is 0 Å². The normalized spacial score (nSPS) is 19.9. The Morgan fingerprint density at radius 2 is 2.28 bits per heavy atom. The summed E-state index contributed by atoms with van der Waals surface area (Å²) < 4.78 is 1.86. The van der Waals surface area contributed by atoms with E-state index in [1.54, 1.807) is 6.33 Å². The third kappa shape index (κ3) is 2.62. The van der Waals surface area contributed by atoms with E-state index in [4.69, 9.17) is 0 Å². The molecule has 0 unspecified atom stereocenters. The number of carbonyl (C=O) groups is 1. The zero-order valence-electron chi connectivity index (χ0n) is 14.1. The van der Waals surface area contributed by atoms with Gasteiger partial charge in [-0.15, -0.1) is 0 Å². The van der Waals surface area contributed by atoms with Crippen LogP contribution in [0.5, 0.6) is 0 Å². The van der Waals surface area contributed by atoms with Gasteiger partial charge in [0.15, 0.2) is 5.78 Å². The Bertz CT molecular complexity index is 891. The van der Waals surface area contributed by atoms with Gasteiger partial charge in [0, 0.05) is 25.1 Å². The molecule has 126 valence electrons. The summed E-state index contributed by atoms with van der Waals surface area (Å²) >= 11 is 0. The van der Waals surface area contributed by atoms with Crippen LogP contribution in [0.4, 0.5) is 0 Å². The van der Waals surface area contributed by atoms with Crippen LogP contribution in [0.1, 0.15) is 36.1 Å². The molecule has 4 rings (SSSR count). The van der Waals surface area contributed by atoms with Crippen molar-refractivity contribution < 1.29 is 4.79 Å². The highest BCUT2D eigenvalue weighted by molar-refractivity contribution is 6.10. The largest absolute Gasteiger partial charge is 0.368 e. The lowest BCUT2D eigenvalue weighted by molar-refractivity contribution is -0.114. The van der Waals surface area contributed by atoms with E-state index in [0.29, 0.717) is 12.0 Å². The minimum Gasteiger partial charge on any atom is -0.368 e. The van der Waals surface area contributed by atoms with E-state index in [-0.39, 0.29) is 11.8 Å². The topological polar surface area (TPSA) is 74.8 Å². The molecule has 0 saturated carbocycles. The van der Waals surface area contributed by atoms with Crippen molar-refractivity contribution in [2.75, 3.05) is 13.1 Å². The number of aromatic nitrogens is 3. The first kappa shape index (κ1) is 15.6. The molecule has 25 heavy (non-hydrogen) atoms. The second kappa shape index (κ2) is 6.17. The van der Waals surface area contributed by atoms with Crippen molar-refractivity contribution >= 4 is 11.5 Å². The number of benzene rings is 1. The number of likely N-dealkylation sites (tertiary alicyclic amines) is 1. The lowest BCUT2D eigenvalue weighted by Crippen LogP contribution is -2.27. The summed E-state index contributed by atoms with van der Waals surface area (Å²) in [5.74, 6) is -0.0848. The van der Waals surface area contributed by atoms with Crippen LogP contribution in [0.2, 0.25) is 0 Å². The van der Waals surface area contributed by atoms with Crippen LogP contribution in [0.25, 0.3) is 5.70 Å². The Morgan fingerprint density at radius 3 is 3.00 bits per heavy atom. The number of nitriles is 1. The van der Waals surface area contributed by atoms with Crippen molar-refractivity contribution in [3.05, 3.63) is 53.1 Å². The van der Waals surface area contributed by atoms with Crippen LogP contribution in [0.3, 0.4) is 0 Å². The number of allylic oxidation sites excluding steroid dienone is 1. The molecule has 0 N–H and O–H groups in total. The van der Waals surface area contributed by atoms with E-state index in [0.717, 1.165) is 42.8 Å². The average molecular weight is 333 g/mol. The molecule has 2 aromatic rings. The molecule has 1 atom stereocenters. The summed E-state index contributed by atoms with van der Waals surface area (Å²) in [6, 6.07) is 8.62. The van der Waals surface area contributed by atoms with E-state index in [1.807, 2.05) is 10.7 Å². The maximum atomic E-state index is 12.5. The van der Waals surface area contributed by atoms with Crippen molar-refractivity contribution in [3.63, 3.8) is 0 Å². The Balaban J connectivity index is 1.76. The number of rotatable bonds is 3. The van der Waals surface area contributed by atoms with Crippen molar-refractivity contribution in [3.8, 4) is 6.07 Å². The van der Waals surface area contributed by atoms with Gasteiger partial charge in [-0.3, -0.25) is 4.79 Å². The van der Waals surface area contributed by atoms with Gasteiger partial charge in [0.25, 0.3) is 0 Å². The number of nitrogens with zero attached hydrogens (tertiary/aromatic N) is 5. The summed E-state index contributed by atoms with van der Waals surface area (Å²) in [5.41, 5.74) is 4.36. The zero-order chi connectivity index (χ0) is 17.4. The molecule has 1 aliphatic carbocycles. The first-order valence-electron chi connectivity index (χ1n) is 8.60. The van der Waals surface area contributed by atoms with Crippen molar-refractivity contribution in [1.82, 2.24) is 19.7 Å². The molecular weight excluding hydrogens is 314 g/mol. The highest BCUT2D eigenvalue weighted by Gasteiger charge is 2.33.